The van der Waals surface area contributed by atoms with Crippen molar-refractivity contribution in [3.05, 3.63) is 70.4 Å². The second-order valence-electron chi connectivity index (χ2n) is 8.33. The summed E-state index contributed by atoms with van der Waals surface area (Å²) in [4.78, 5) is 28.1. The summed E-state index contributed by atoms with van der Waals surface area (Å²) in [7, 11) is 0. The van der Waals surface area contributed by atoms with Gasteiger partial charge in [0.1, 0.15) is 5.70 Å². The van der Waals surface area contributed by atoms with Crippen LogP contribution in [-0.2, 0) is 20.7 Å². The van der Waals surface area contributed by atoms with Crippen molar-refractivity contribution in [2.75, 3.05) is 25.1 Å². The van der Waals surface area contributed by atoms with Crippen LogP contribution < -0.4 is 5.32 Å². The van der Waals surface area contributed by atoms with Crippen LogP contribution in [0.1, 0.15) is 55.4 Å². The molecule has 0 saturated carbocycles. The molecule has 1 aliphatic heterocycles. The first kappa shape index (κ1) is 23.7. The Kier molecular flexibility index (Phi) is 8.23. The van der Waals surface area contributed by atoms with E-state index in [0.717, 1.165) is 41.6 Å². The molecule has 2 aromatic carbocycles. The minimum absolute atomic E-state index is 0.247. The van der Waals surface area contributed by atoms with Crippen LogP contribution in [0, 0.1) is 13.8 Å². The molecule has 0 radical (unpaired) electrons. The maximum absolute atomic E-state index is 13.4. The smallest absolute Gasteiger partial charge is 0.278 e. The molecule has 0 saturated heterocycles. The fourth-order valence-corrected chi connectivity index (χ4v) is 3.88. The number of nitrogens with one attached hydrogen (secondary N) is 1. The molecular weight excluding hydrogens is 400 g/mol. The molecule has 0 fully saturated rings. The standard InChI is InChI=1S/C27H34N2O3/c1-5-7-16-32-17-8-15-29-26(30)24(23-14-9-19(3)18-20(23)4)25(27(29)31)28-22-12-10-21(6-2)11-13-22/h9-14,18,28H,5-8,15-17H2,1-4H3. The zero-order valence-corrected chi connectivity index (χ0v) is 19.7. The molecule has 0 bridgehead atoms. The molecule has 5 heteroatoms. The SMILES string of the molecule is CCCCOCCCN1C(=O)C(Nc2ccc(CC)cc2)=C(c2ccc(C)cc2C)C1=O. The number of hydrogen-bond donors (Lipinski definition) is 1. The van der Waals surface area contributed by atoms with Gasteiger partial charge in [-0.15, -0.1) is 0 Å². The highest BCUT2D eigenvalue weighted by atomic mass is 16.5. The Morgan fingerprint density at radius 3 is 2.28 bits per heavy atom. The van der Waals surface area contributed by atoms with Crippen LogP contribution in [0.2, 0.25) is 0 Å². The summed E-state index contributed by atoms with van der Waals surface area (Å²) in [5.74, 6) is -0.527. The molecule has 2 amide bonds. The first-order valence-corrected chi connectivity index (χ1v) is 11.6. The number of amides is 2. The van der Waals surface area contributed by atoms with Crippen LogP contribution in [-0.4, -0.2) is 36.5 Å². The largest absolute Gasteiger partial charge is 0.381 e. The van der Waals surface area contributed by atoms with Crippen LogP contribution in [0.3, 0.4) is 0 Å². The van der Waals surface area contributed by atoms with E-state index in [1.807, 2.05) is 56.3 Å². The molecular formula is C27H34N2O3. The lowest BCUT2D eigenvalue weighted by atomic mass is 9.97. The van der Waals surface area contributed by atoms with Gasteiger partial charge in [0.2, 0.25) is 0 Å². The molecule has 1 aliphatic rings. The van der Waals surface area contributed by atoms with E-state index in [1.165, 1.54) is 10.5 Å². The minimum Gasteiger partial charge on any atom is -0.381 e. The molecule has 0 spiro atoms. The predicted molar refractivity (Wildman–Crippen MR) is 129 cm³/mol. The van der Waals surface area contributed by atoms with Gasteiger partial charge in [-0.3, -0.25) is 14.5 Å². The Labute approximate surface area is 191 Å². The number of carbonyl (C=O) groups is 2. The van der Waals surface area contributed by atoms with Crippen molar-refractivity contribution in [2.24, 2.45) is 0 Å². The lowest BCUT2D eigenvalue weighted by Crippen LogP contribution is -2.34. The van der Waals surface area contributed by atoms with E-state index in [4.69, 9.17) is 4.74 Å². The molecule has 32 heavy (non-hydrogen) atoms. The van der Waals surface area contributed by atoms with E-state index >= 15 is 0 Å². The van der Waals surface area contributed by atoms with Crippen LogP contribution in [0.25, 0.3) is 5.57 Å². The molecule has 0 atom stereocenters. The maximum atomic E-state index is 13.4. The zero-order chi connectivity index (χ0) is 23.1. The molecule has 0 aromatic heterocycles. The Hall–Kier alpha value is -2.92. The lowest BCUT2D eigenvalue weighted by molar-refractivity contribution is -0.137. The Morgan fingerprint density at radius 1 is 0.906 bits per heavy atom. The van der Waals surface area contributed by atoms with Gasteiger partial charge in [0.25, 0.3) is 11.8 Å². The average molecular weight is 435 g/mol. The normalized spacial score (nSPS) is 13.9. The number of aryl methyl sites for hydroxylation is 3. The number of anilines is 1. The summed E-state index contributed by atoms with van der Waals surface area (Å²) in [5, 5.41) is 3.25. The number of benzene rings is 2. The van der Waals surface area contributed by atoms with Gasteiger partial charge in [-0.1, -0.05) is 56.2 Å². The first-order valence-electron chi connectivity index (χ1n) is 11.6. The highest BCUT2D eigenvalue weighted by Gasteiger charge is 2.39. The van der Waals surface area contributed by atoms with E-state index in [0.29, 0.717) is 37.4 Å². The molecule has 3 rings (SSSR count). The van der Waals surface area contributed by atoms with Crippen molar-refractivity contribution in [3.8, 4) is 0 Å². The van der Waals surface area contributed by atoms with Crippen molar-refractivity contribution in [2.45, 2.75) is 53.4 Å². The van der Waals surface area contributed by atoms with Crippen molar-refractivity contribution >= 4 is 23.1 Å². The monoisotopic (exact) mass is 434 g/mol. The minimum atomic E-state index is -0.280. The summed E-state index contributed by atoms with van der Waals surface area (Å²) < 4.78 is 5.61. The third kappa shape index (κ3) is 5.46. The van der Waals surface area contributed by atoms with Crippen LogP contribution in [0.5, 0.6) is 0 Å². The predicted octanol–water partition coefficient (Wildman–Crippen LogP) is 5.26. The summed E-state index contributed by atoms with van der Waals surface area (Å²) in [6.45, 7) is 9.82. The number of carbonyl (C=O) groups excluding carboxylic acids is 2. The number of imide groups is 1. The second kappa shape index (κ2) is 11.1. The fourth-order valence-electron chi connectivity index (χ4n) is 3.88. The molecule has 0 aliphatic carbocycles. The molecule has 1 heterocycles. The average Bonchev–Trinajstić information content (AvgIpc) is 3.01. The van der Waals surface area contributed by atoms with E-state index in [2.05, 4.69) is 19.2 Å². The Morgan fingerprint density at radius 2 is 1.62 bits per heavy atom. The van der Waals surface area contributed by atoms with Gasteiger partial charge in [0.05, 0.1) is 5.57 Å². The van der Waals surface area contributed by atoms with E-state index < -0.39 is 0 Å². The highest BCUT2D eigenvalue weighted by molar-refractivity contribution is 6.36. The number of rotatable bonds is 11. The quantitative estimate of drug-likeness (QED) is 0.387. The van der Waals surface area contributed by atoms with Crippen molar-refractivity contribution in [3.63, 3.8) is 0 Å². The van der Waals surface area contributed by atoms with Crippen molar-refractivity contribution < 1.29 is 14.3 Å². The zero-order valence-electron chi connectivity index (χ0n) is 19.7. The van der Waals surface area contributed by atoms with Gasteiger partial charge in [0, 0.05) is 25.4 Å². The Bertz CT molecular complexity index is 992. The van der Waals surface area contributed by atoms with Gasteiger partial charge in [-0.05, 0) is 61.9 Å². The summed E-state index contributed by atoms with van der Waals surface area (Å²) in [6.07, 6.45) is 3.67. The third-order valence-corrected chi connectivity index (χ3v) is 5.76. The van der Waals surface area contributed by atoms with Gasteiger partial charge >= 0.3 is 0 Å². The van der Waals surface area contributed by atoms with Gasteiger partial charge in [-0.25, -0.2) is 0 Å². The fraction of sp³-hybridized carbons (Fsp3) is 0.407. The van der Waals surface area contributed by atoms with Crippen LogP contribution >= 0.6 is 0 Å². The molecule has 5 nitrogen and oxygen atoms in total. The van der Waals surface area contributed by atoms with E-state index in [9.17, 15) is 9.59 Å². The number of nitrogens with zero attached hydrogens (tertiary/aromatic N) is 1. The van der Waals surface area contributed by atoms with Crippen molar-refractivity contribution in [1.82, 2.24) is 4.90 Å². The van der Waals surface area contributed by atoms with E-state index in [1.54, 1.807) is 0 Å². The first-order chi connectivity index (χ1) is 15.5. The van der Waals surface area contributed by atoms with Crippen LogP contribution in [0.15, 0.2) is 48.2 Å². The van der Waals surface area contributed by atoms with Crippen LogP contribution in [0.4, 0.5) is 5.69 Å². The topological polar surface area (TPSA) is 58.6 Å². The summed E-state index contributed by atoms with van der Waals surface area (Å²) in [5.41, 5.74) is 5.70. The number of unbranched alkanes of at least 4 members (excludes halogenated alkanes) is 1. The second-order valence-corrected chi connectivity index (χ2v) is 8.33. The summed E-state index contributed by atoms with van der Waals surface area (Å²) in [6, 6.07) is 13.9. The van der Waals surface area contributed by atoms with E-state index in [-0.39, 0.29) is 11.8 Å². The lowest BCUT2D eigenvalue weighted by Gasteiger charge is -2.15. The molecule has 1 N–H and O–H groups in total. The third-order valence-electron chi connectivity index (χ3n) is 5.76. The van der Waals surface area contributed by atoms with Gasteiger partial charge in [0.15, 0.2) is 0 Å². The number of hydrogen-bond acceptors (Lipinski definition) is 4. The van der Waals surface area contributed by atoms with Gasteiger partial charge < -0.3 is 10.1 Å². The Balaban J connectivity index is 1.86. The molecule has 2 aromatic rings. The molecule has 170 valence electrons. The maximum Gasteiger partial charge on any atom is 0.278 e. The van der Waals surface area contributed by atoms with Gasteiger partial charge in [-0.2, -0.15) is 0 Å². The summed E-state index contributed by atoms with van der Waals surface area (Å²) >= 11 is 0. The van der Waals surface area contributed by atoms with Crippen molar-refractivity contribution in [1.29, 1.82) is 0 Å². The number of ether oxygens (including phenoxy) is 1. The molecule has 0 unspecified atom stereocenters. The highest BCUT2D eigenvalue weighted by Crippen LogP contribution is 2.32.